The van der Waals surface area contributed by atoms with Gasteiger partial charge < -0.3 is 5.11 Å². The molecule has 2 nitrogen and oxygen atoms in total. The maximum Gasteiger partial charge on any atom is 0.417 e. The number of rotatable bonds is 2. The number of alkyl halides is 3. The Balaban J connectivity index is 2.35. The molecule has 0 aliphatic rings. The lowest BCUT2D eigenvalue weighted by Gasteiger charge is -2.09. The minimum Gasteiger partial charge on any atom is -0.505 e. The maximum absolute atomic E-state index is 13.5. The number of pyridine rings is 1. The van der Waals surface area contributed by atoms with E-state index in [0.29, 0.717) is 24.0 Å². The standard InChI is InChI=1S/C12H5ClF5NOS/c13-6-3-5(12(16,17)18)4-19-11(6)21-8-2-1-7(20)9(14)10(8)15/h1-4,20H. The van der Waals surface area contributed by atoms with Gasteiger partial charge in [-0.1, -0.05) is 23.4 Å². The Labute approximate surface area is 124 Å². The summed E-state index contributed by atoms with van der Waals surface area (Å²) in [4.78, 5) is 3.23. The maximum atomic E-state index is 13.5. The average Bonchev–Trinajstić information content (AvgIpc) is 2.40. The SMILES string of the molecule is Oc1ccc(Sc2ncc(C(F)(F)F)cc2Cl)c(F)c1F. The van der Waals surface area contributed by atoms with Gasteiger partial charge in [0.1, 0.15) is 5.03 Å². The van der Waals surface area contributed by atoms with Gasteiger partial charge in [0.25, 0.3) is 0 Å². The highest BCUT2D eigenvalue weighted by atomic mass is 35.5. The van der Waals surface area contributed by atoms with Gasteiger partial charge in [0.15, 0.2) is 11.6 Å². The Morgan fingerprint density at radius 1 is 1.14 bits per heavy atom. The van der Waals surface area contributed by atoms with Crippen molar-refractivity contribution in [3.63, 3.8) is 0 Å². The number of halogens is 6. The van der Waals surface area contributed by atoms with E-state index in [1.807, 2.05) is 0 Å². The molecule has 0 unspecified atom stereocenters. The van der Waals surface area contributed by atoms with Crippen molar-refractivity contribution in [1.82, 2.24) is 4.98 Å². The van der Waals surface area contributed by atoms with E-state index in [4.69, 9.17) is 16.7 Å². The molecule has 0 radical (unpaired) electrons. The predicted octanol–water partition coefficient (Wildman–Crippen LogP) is 4.89. The van der Waals surface area contributed by atoms with Crippen LogP contribution in [0.25, 0.3) is 0 Å². The lowest BCUT2D eigenvalue weighted by molar-refractivity contribution is -0.137. The number of hydrogen-bond donors (Lipinski definition) is 1. The topological polar surface area (TPSA) is 33.1 Å². The largest absolute Gasteiger partial charge is 0.505 e. The van der Waals surface area contributed by atoms with Crippen molar-refractivity contribution >= 4 is 23.4 Å². The summed E-state index contributed by atoms with van der Waals surface area (Å²) in [5.41, 5.74) is -1.05. The summed E-state index contributed by atoms with van der Waals surface area (Å²) < 4.78 is 64.1. The highest BCUT2D eigenvalue weighted by Crippen LogP contribution is 2.38. The van der Waals surface area contributed by atoms with Crippen LogP contribution < -0.4 is 0 Å². The van der Waals surface area contributed by atoms with Crippen LogP contribution in [0.3, 0.4) is 0 Å². The number of hydrogen-bond acceptors (Lipinski definition) is 3. The van der Waals surface area contributed by atoms with Crippen LogP contribution >= 0.6 is 23.4 Å². The first-order chi connectivity index (χ1) is 9.70. The van der Waals surface area contributed by atoms with Crippen LogP contribution in [-0.2, 0) is 6.18 Å². The molecule has 0 spiro atoms. The van der Waals surface area contributed by atoms with Gasteiger partial charge in [-0.2, -0.15) is 17.6 Å². The van der Waals surface area contributed by atoms with Crippen LogP contribution in [0.2, 0.25) is 5.02 Å². The minimum atomic E-state index is -4.60. The zero-order valence-corrected chi connectivity index (χ0v) is 11.5. The molecular formula is C12H5ClF5NOS. The van der Waals surface area contributed by atoms with Gasteiger partial charge in [0.05, 0.1) is 15.5 Å². The summed E-state index contributed by atoms with van der Waals surface area (Å²) in [5.74, 6) is -3.66. The molecule has 0 aliphatic heterocycles. The zero-order valence-electron chi connectivity index (χ0n) is 9.88. The summed E-state index contributed by atoms with van der Waals surface area (Å²) in [7, 11) is 0. The lowest BCUT2D eigenvalue weighted by atomic mass is 10.3. The monoisotopic (exact) mass is 341 g/mol. The van der Waals surface area contributed by atoms with E-state index in [0.717, 1.165) is 12.1 Å². The third kappa shape index (κ3) is 3.38. The molecule has 0 amide bonds. The van der Waals surface area contributed by atoms with Crippen molar-refractivity contribution < 1.29 is 27.1 Å². The molecule has 2 rings (SSSR count). The first kappa shape index (κ1) is 15.8. The quantitative estimate of drug-likeness (QED) is 0.790. The molecule has 0 saturated carbocycles. The van der Waals surface area contributed by atoms with Crippen LogP contribution in [0.4, 0.5) is 22.0 Å². The molecule has 0 fully saturated rings. The number of phenols is 1. The van der Waals surface area contributed by atoms with Crippen LogP contribution in [0.15, 0.2) is 34.3 Å². The van der Waals surface area contributed by atoms with Crippen molar-refractivity contribution in [2.45, 2.75) is 16.1 Å². The molecule has 1 heterocycles. The minimum absolute atomic E-state index is 0.117. The molecule has 112 valence electrons. The van der Waals surface area contributed by atoms with Gasteiger partial charge in [-0.25, -0.2) is 9.37 Å². The van der Waals surface area contributed by atoms with Crippen LogP contribution in [0.5, 0.6) is 5.75 Å². The Morgan fingerprint density at radius 2 is 1.81 bits per heavy atom. The van der Waals surface area contributed by atoms with E-state index in [1.54, 1.807) is 0 Å². The van der Waals surface area contributed by atoms with E-state index >= 15 is 0 Å². The van der Waals surface area contributed by atoms with Gasteiger partial charge >= 0.3 is 6.18 Å². The van der Waals surface area contributed by atoms with Crippen molar-refractivity contribution in [2.75, 3.05) is 0 Å². The van der Waals surface area contributed by atoms with Gasteiger partial charge in [-0.05, 0) is 18.2 Å². The Morgan fingerprint density at radius 3 is 2.38 bits per heavy atom. The number of benzene rings is 1. The second-order valence-electron chi connectivity index (χ2n) is 3.82. The number of nitrogens with zero attached hydrogens (tertiary/aromatic N) is 1. The Bertz CT molecular complexity index is 692. The van der Waals surface area contributed by atoms with Crippen molar-refractivity contribution in [2.24, 2.45) is 0 Å². The summed E-state index contributed by atoms with van der Waals surface area (Å²) in [6, 6.07) is 2.62. The van der Waals surface area contributed by atoms with Crippen molar-refractivity contribution in [3.05, 3.63) is 46.6 Å². The average molecular weight is 342 g/mol. The fraction of sp³-hybridized carbons (Fsp3) is 0.0833. The van der Waals surface area contributed by atoms with Crippen LogP contribution in [0, 0.1) is 11.6 Å². The first-order valence-electron chi connectivity index (χ1n) is 5.27. The number of phenolic OH excluding ortho intramolecular Hbond substituents is 1. The second kappa shape index (κ2) is 5.69. The smallest absolute Gasteiger partial charge is 0.417 e. The summed E-state index contributed by atoms with van der Waals surface area (Å²) in [5, 5.41) is 8.52. The zero-order chi connectivity index (χ0) is 15.8. The number of aromatic hydroxyl groups is 1. The van der Waals surface area contributed by atoms with E-state index in [9.17, 15) is 22.0 Å². The molecule has 0 bridgehead atoms. The molecular weight excluding hydrogens is 337 g/mol. The van der Waals surface area contributed by atoms with Gasteiger partial charge in [0, 0.05) is 6.20 Å². The van der Waals surface area contributed by atoms with Gasteiger partial charge in [-0.3, -0.25) is 0 Å². The summed E-state index contributed by atoms with van der Waals surface area (Å²) >= 11 is 6.21. The molecule has 0 atom stereocenters. The fourth-order valence-corrected chi connectivity index (χ4v) is 2.43. The van der Waals surface area contributed by atoms with Gasteiger partial charge in [0.2, 0.25) is 5.82 Å². The molecule has 2 aromatic rings. The van der Waals surface area contributed by atoms with E-state index in [-0.39, 0.29) is 14.9 Å². The highest BCUT2D eigenvalue weighted by molar-refractivity contribution is 7.99. The highest BCUT2D eigenvalue weighted by Gasteiger charge is 2.31. The second-order valence-corrected chi connectivity index (χ2v) is 5.26. The molecule has 0 aliphatic carbocycles. The van der Waals surface area contributed by atoms with E-state index < -0.39 is 29.1 Å². The third-order valence-corrected chi connectivity index (χ3v) is 3.82. The summed E-state index contributed by atoms with van der Waals surface area (Å²) in [6.45, 7) is 0. The Kier molecular flexibility index (Phi) is 4.29. The molecule has 21 heavy (non-hydrogen) atoms. The van der Waals surface area contributed by atoms with Crippen molar-refractivity contribution in [3.8, 4) is 5.75 Å². The molecule has 1 N–H and O–H groups in total. The first-order valence-corrected chi connectivity index (χ1v) is 6.47. The van der Waals surface area contributed by atoms with Gasteiger partial charge in [-0.15, -0.1) is 0 Å². The molecule has 1 aromatic heterocycles. The third-order valence-electron chi connectivity index (χ3n) is 2.37. The van der Waals surface area contributed by atoms with E-state index in [2.05, 4.69) is 4.98 Å². The van der Waals surface area contributed by atoms with E-state index in [1.165, 1.54) is 0 Å². The Hall–Kier alpha value is -1.54. The normalized spacial score (nSPS) is 11.7. The molecule has 9 heteroatoms. The number of aromatic nitrogens is 1. The molecule has 0 saturated heterocycles. The summed E-state index contributed by atoms with van der Waals surface area (Å²) in [6.07, 6.45) is -4.06. The van der Waals surface area contributed by atoms with Crippen molar-refractivity contribution in [1.29, 1.82) is 0 Å². The van der Waals surface area contributed by atoms with Crippen LogP contribution in [-0.4, -0.2) is 10.1 Å². The molecule has 1 aromatic carbocycles. The lowest BCUT2D eigenvalue weighted by Crippen LogP contribution is -2.05. The van der Waals surface area contributed by atoms with Crippen LogP contribution in [0.1, 0.15) is 5.56 Å². The predicted molar refractivity (Wildman–Crippen MR) is 66.4 cm³/mol. The fourth-order valence-electron chi connectivity index (χ4n) is 1.36.